The van der Waals surface area contributed by atoms with Crippen molar-refractivity contribution >= 4 is 39.7 Å². The van der Waals surface area contributed by atoms with E-state index in [9.17, 15) is 22.8 Å². The number of ether oxygens (including phenoxy) is 1. The number of carbonyl (C=O) groups excluding carboxylic acids is 3. The molecule has 2 N–H and O–H groups in total. The fraction of sp³-hybridized carbons (Fsp3) is 0.154. The van der Waals surface area contributed by atoms with E-state index in [1.807, 2.05) is 6.07 Å². The number of nitrogens with zero attached hydrogens (tertiary/aromatic N) is 2. The molecule has 0 aliphatic heterocycles. The van der Waals surface area contributed by atoms with Gasteiger partial charge in [0.25, 0.3) is 5.91 Å². The predicted molar refractivity (Wildman–Crippen MR) is 138 cm³/mol. The summed E-state index contributed by atoms with van der Waals surface area (Å²) in [4.78, 5) is 35.4. The van der Waals surface area contributed by atoms with Gasteiger partial charge in [0.05, 0.1) is 30.3 Å². The number of sulfonamides is 1. The predicted octanol–water partition coefficient (Wildman–Crippen LogP) is 2.77. The van der Waals surface area contributed by atoms with Gasteiger partial charge < -0.3 is 10.1 Å². The van der Waals surface area contributed by atoms with Gasteiger partial charge >= 0.3 is 5.97 Å². The van der Waals surface area contributed by atoms with Gasteiger partial charge in [0.2, 0.25) is 15.9 Å². The van der Waals surface area contributed by atoms with Crippen molar-refractivity contribution in [1.82, 2.24) is 9.73 Å². The van der Waals surface area contributed by atoms with E-state index < -0.39 is 28.4 Å². The molecule has 0 aliphatic rings. The number of hydrogen-bond acceptors (Lipinski definition) is 7. The smallest absolute Gasteiger partial charge is 0.337 e. The molecule has 192 valence electrons. The average molecular weight is 523 g/mol. The van der Waals surface area contributed by atoms with Crippen LogP contribution in [0.15, 0.2) is 88.9 Å². The van der Waals surface area contributed by atoms with Crippen LogP contribution in [0, 0.1) is 0 Å². The maximum absolute atomic E-state index is 13.4. The second kappa shape index (κ2) is 12.6. The van der Waals surface area contributed by atoms with E-state index in [-0.39, 0.29) is 17.3 Å². The molecule has 2 amide bonds. The molecule has 0 saturated heterocycles. The molecule has 0 aliphatic carbocycles. The molecular weight excluding hydrogens is 496 g/mol. The highest BCUT2D eigenvalue weighted by Crippen LogP contribution is 2.20. The summed E-state index contributed by atoms with van der Waals surface area (Å²) in [5.41, 5.74) is 4.47. The zero-order valence-corrected chi connectivity index (χ0v) is 21.1. The van der Waals surface area contributed by atoms with Crippen molar-refractivity contribution in [2.45, 2.75) is 18.4 Å². The third kappa shape index (κ3) is 7.82. The highest BCUT2D eigenvalue weighted by molar-refractivity contribution is 7.89. The van der Waals surface area contributed by atoms with Crippen molar-refractivity contribution < 1.29 is 27.5 Å². The number of amides is 2. The van der Waals surface area contributed by atoms with Crippen LogP contribution in [-0.2, 0) is 30.9 Å². The van der Waals surface area contributed by atoms with E-state index >= 15 is 0 Å². The second-order valence-corrected chi connectivity index (χ2v) is 9.81. The lowest BCUT2D eigenvalue weighted by Crippen LogP contribution is -2.39. The fourth-order valence-corrected chi connectivity index (χ4v) is 4.66. The minimum atomic E-state index is -4.07. The number of esters is 1. The Hall–Kier alpha value is -4.35. The molecular formula is C26H26N4O6S. The maximum atomic E-state index is 13.4. The quantitative estimate of drug-likeness (QED) is 0.239. The largest absolute Gasteiger partial charge is 0.465 e. The summed E-state index contributed by atoms with van der Waals surface area (Å²) in [7, 11) is -2.78. The average Bonchev–Trinajstić information content (AvgIpc) is 2.89. The van der Waals surface area contributed by atoms with Gasteiger partial charge in [-0.15, -0.1) is 0 Å². The SMILES string of the molecule is COC(=O)c1ccc(/C=N\NC(=O)CN(Cc2ccccc2)S(=O)(=O)c2ccc(NC(C)=O)cc2)cc1. The van der Waals surface area contributed by atoms with E-state index in [0.29, 0.717) is 22.4 Å². The van der Waals surface area contributed by atoms with Crippen LogP contribution in [0.3, 0.4) is 0 Å². The van der Waals surface area contributed by atoms with Gasteiger partial charge in [0, 0.05) is 19.2 Å². The molecule has 0 bridgehead atoms. The lowest BCUT2D eigenvalue weighted by molar-refractivity contribution is -0.121. The van der Waals surface area contributed by atoms with Gasteiger partial charge in [-0.3, -0.25) is 9.59 Å². The summed E-state index contributed by atoms with van der Waals surface area (Å²) in [6.07, 6.45) is 1.37. The summed E-state index contributed by atoms with van der Waals surface area (Å²) in [5.74, 6) is -1.39. The Morgan fingerprint density at radius 1 is 0.946 bits per heavy atom. The Morgan fingerprint density at radius 2 is 1.59 bits per heavy atom. The lowest BCUT2D eigenvalue weighted by Gasteiger charge is -2.21. The van der Waals surface area contributed by atoms with Crippen molar-refractivity contribution in [3.8, 4) is 0 Å². The zero-order chi connectivity index (χ0) is 26.8. The normalized spacial score (nSPS) is 11.3. The number of rotatable bonds is 10. The Labute approximate surface area is 215 Å². The molecule has 0 heterocycles. The zero-order valence-electron chi connectivity index (χ0n) is 20.2. The third-order valence-electron chi connectivity index (χ3n) is 5.07. The number of nitrogens with one attached hydrogen (secondary N) is 2. The van der Waals surface area contributed by atoms with Crippen LogP contribution in [0.25, 0.3) is 0 Å². The highest BCUT2D eigenvalue weighted by Gasteiger charge is 2.27. The first-order chi connectivity index (χ1) is 17.7. The van der Waals surface area contributed by atoms with E-state index in [1.54, 1.807) is 48.5 Å². The minimum absolute atomic E-state index is 0.0282. The van der Waals surface area contributed by atoms with Crippen molar-refractivity contribution in [3.63, 3.8) is 0 Å². The molecule has 0 unspecified atom stereocenters. The summed E-state index contributed by atoms with van der Waals surface area (Å²) >= 11 is 0. The van der Waals surface area contributed by atoms with Crippen molar-refractivity contribution in [1.29, 1.82) is 0 Å². The number of carbonyl (C=O) groups is 3. The Kier molecular flexibility index (Phi) is 9.25. The summed E-state index contributed by atoms with van der Waals surface area (Å²) < 4.78 is 32.5. The van der Waals surface area contributed by atoms with Crippen LogP contribution in [0.5, 0.6) is 0 Å². The number of methoxy groups -OCH3 is 1. The van der Waals surface area contributed by atoms with Crippen LogP contribution in [-0.4, -0.2) is 50.4 Å². The Balaban J connectivity index is 1.74. The van der Waals surface area contributed by atoms with Gasteiger partial charge in [0.1, 0.15) is 0 Å². The first-order valence-corrected chi connectivity index (χ1v) is 12.5. The summed E-state index contributed by atoms with van der Waals surface area (Å²) in [6, 6.07) is 20.9. The highest BCUT2D eigenvalue weighted by atomic mass is 32.2. The molecule has 0 atom stereocenters. The molecule has 0 spiro atoms. The molecule has 0 aromatic heterocycles. The van der Waals surface area contributed by atoms with Crippen molar-refractivity contribution in [2.75, 3.05) is 19.0 Å². The molecule has 0 fully saturated rings. The first-order valence-electron chi connectivity index (χ1n) is 11.1. The van der Waals surface area contributed by atoms with E-state index in [2.05, 4.69) is 20.6 Å². The van der Waals surface area contributed by atoms with Gasteiger partial charge in [-0.05, 0) is 47.5 Å². The third-order valence-corrected chi connectivity index (χ3v) is 6.87. The molecule has 0 radical (unpaired) electrons. The monoisotopic (exact) mass is 522 g/mol. The van der Waals surface area contributed by atoms with Gasteiger partial charge in [-0.25, -0.2) is 18.6 Å². The van der Waals surface area contributed by atoms with Gasteiger partial charge in [-0.2, -0.15) is 9.41 Å². The van der Waals surface area contributed by atoms with Gasteiger partial charge in [0.15, 0.2) is 0 Å². The number of benzene rings is 3. The number of hydrogen-bond donors (Lipinski definition) is 2. The van der Waals surface area contributed by atoms with Gasteiger partial charge in [-0.1, -0.05) is 42.5 Å². The maximum Gasteiger partial charge on any atom is 0.337 e. The number of anilines is 1. The molecule has 10 nitrogen and oxygen atoms in total. The number of hydrazone groups is 1. The summed E-state index contributed by atoms with van der Waals surface area (Å²) in [6.45, 7) is 0.830. The van der Waals surface area contributed by atoms with E-state index in [0.717, 1.165) is 4.31 Å². The molecule has 37 heavy (non-hydrogen) atoms. The van der Waals surface area contributed by atoms with Crippen LogP contribution in [0.2, 0.25) is 0 Å². The molecule has 3 rings (SSSR count). The second-order valence-electron chi connectivity index (χ2n) is 7.87. The van der Waals surface area contributed by atoms with Crippen LogP contribution in [0.4, 0.5) is 5.69 Å². The van der Waals surface area contributed by atoms with E-state index in [4.69, 9.17) is 0 Å². The van der Waals surface area contributed by atoms with Crippen LogP contribution < -0.4 is 10.7 Å². The van der Waals surface area contributed by atoms with E-state index in [1.165, 1.54) is 44.5 Å². The first kappa shape index (κ1) is 27.2. The standard InChI is InChI=1S/C26H26N4O6S/c1-19(31)28-23-12-14-24(15-13-23)37(34,35)30(17-21-6-4-3-5-7-21)18-25(32)29-27-16-20-8-10-22(11-9-20)26(33)36-2/h3-16H,17-18H2,1-2H3,(H,28,31)(H,29,32)/b27-16-. The van der Waals surface area contributed by atoms with Crippen LogP contribution in [0.1, 0.15) is 28.4 Å². The summed E-state index contributed by atoms with van der Waals surface area (Å²) in [5, 5.41) is 6.47. The lowest BCUT2D eigenvalue weighted by atomic mass is 10.1. The minimum Gasteiger partial charge on any atom is -0.465 e. The van der Waals surface area contributed by atoms with Crippen molar-refractivity contribution in [3.05, 3.63) is 95.6 Å². The Morgan fingerprint density at radius 3 is 2.19 bits per heavy atom. The topological polar surface area (TPSA) is 134 Å². The Bertz CT molecular complexity index is 1370. The molecule has 3 aromatic carbocycles. The van der Waals surface area contributed by atoms with Crippen LogP contribution >= 0.6 is 0 Å². The molecule has 11 heteroatoms. The molecule has 3 aromatic rings. The fourth-order valence-electron chi connectivity index (χ4n) is 3.27. The molecule has 0 saturated carbocycles. The van der Waals surface area contributed by atoms with Crippen molar-refractivity contribution in [2.24, 2.45) is 5.10 Å².